The molecular weight excluding hydrogens is 380 g/mol. The molecule has 0 amide bonds. The lowest BCUT2D eigenvalue weighted by molar-refractivity contribution is 0.240. The molecule has 0 N–H and O–H groups in total. The Hall–Kier alpha value is -4.11. The van der Waals surface area contributed by atoms with Gasteiger partial charge in [0.05, 0.1) is 11.9 Å². The molecule has 0 aliphatic heterocycles. The van der Waals surface area contributed by atoms with Crippen molar-refractivity contribution in [3.8, 4) is 22.8 Å². The van der Waals surface area contributed by atoms with Crippen molar-refractivity contribution in [3.63, 3.8) is 0 Å². The van der Waals surface area contributed by atoms with Gasteiger partial charge in [-0.1, -0.05) is 97.1 Å². The summed E-state index contributed by atoms with van der Waals surface area (Å²) in [6, 6.07) is 40.8. The second-order valence-electron chi connectivity index (χ2n) is 7.27. The van der Waals surface area contributed by atoms with Crippen molar-refractivity contribution in [1.29, 1.82) is 0 Å². The number of benzene rings is 4. The lowest BCUT2D eigenvalue weighted by atomic mass is 10.1. The summed E-state index contributed by atoms with van der Waals surface area (Å²) in [5.74, 6) is 1.71. The van der Waals surface area contributed by atoms with Gasteiger partial charge in [0.15, 0.2) is 6.10 Å². The van der Waals surface area contributed by atoms with Gasteiger partial charge in [-0.15, -0.1) is 0 Å². The summed E-state index contributed by atoms with van der Waals surface area (Å²) >= 11 is 0. The third-order valence-corrected chi connectivity index (χ3v) is 5.20. The van der Waals surface area contributed by atoms with Crippen molar-refractivity contribution in [2.45, 2.75) is 6.10 Å². The maximum Gasteiger partial charge on any atom is 0.166 e. The Bertz CT molecular complexity index is 1230. The molecule has 1 unspecified atom stereocenters. The van der Waals surface area contributed by atoms with Crippen molar-refractivity contribution in [2.75, 3.05) is 0 Å². The quantitative estimate of drug-likeness (QED) is 0.316. The van der Waals surface area contributed by atoms with Crippen molar-refractivity contribution in [2.24, 2.45) is 0 Å². The molecule has 0 aliphatic rings. The monoisotopic (exact) mass is 402 g/mol. The van der Waals surface area contributed by atoms with Crippen molar-refractivity contribution in [1.82, 2.24) is 9.55 Å². The zero-order valence-corrected chi connectivity index (χ0v) is 17.0. The molecule has 0 fully saturated rings. The van der Waals surface area contributed by atoms with E-state index < -0.39 is 0 Å². The van der Waals surface area contributed by atoms with E-state index in [-0.39, 0.29) is 6.10 Å². The number of nitrogens with zero attached hydrogens (tertiary/aromatic N) is 2. The van der Waals surface area contributed by atoms with Crippen LogP contribution in [-0.4, -0.2) is 9.55 Å². The predicted octanol–water partition coefficient (Wildman–Crippen LogP) is 6.71. The highest BCUT2D eigenvalue weighted by Gasteiger charge is 2.24. The summed E-state index contributed by atoms with van der Waals surface area (Å²) in [6.45, 7) is 0. The van der Waals surface area contributed by atoms with Crippen LogP contribution in [0.4, 0.5) is 0 Å². The van der Waals surface area contributed by atoms with Crippen LogP contribution in [0.2, 0.25) is 0 Å². The number of ether oxygens (including phenoxy) is 1. The van der Waals surface area contributed by atoms with Gasteiger partial charge in [0.1, 0.15) is 11.6 Å². The van der Waals surface area contributed by atoms with Crippen molar-refractivity contribution < 1.29 is 4.74 Å². The molecule has 0 bridgehead atoms. The first kappa shape index (κ1) is 18.9. The lowest BCUT2D eigenvalue weighted by Crippen LogP contribution is -2.14. The average molecular weight is 402 g/mol. The van der Waals surface area contributed by atoms with Crippen LogP contribution in [0.3, 0.4) is 0 Å². The lowest BCUT2D eigenvalue weighted by Gasteiger charge is -2.22. The van der Waals surface area contributed by atoms with E-state index in [0.29, 0.717) is 0 Å². The number of hydrogen-bond acceptors (Lipinski definition) is 2. The molecule has 1 heterocycles. The van der Waals surface area contributed by atoms with Crippen LogP contribution >= 0.6 is 0 Å². The Morgan fingerprint density at radius 2 is 1.16 bits per heavy atom. The van der Waals surface area contributed by atoms with Crippen LogP contribution in [0, 0.1) is 0 Å². The summed E-state index contributed by atoms with van der Waals surface area (Å²) in [5.41, 5.74) is 4.15. The van der Waals surface area contributed by atoms with Gasteiger partial charge in [-0.2, -0.15) is 0 Å². The molecule has 150 valence electrons. The maximum absolute atomic E-state index is 6.54. The van der Waals surface area contributed by atoms with Gasteiger partial charge in [-0.25, -0.2) is 4.98 Å². The molecule has 5 aromatic rings. The Morgan fingerprint density at radius 1 is 0.613 bits per heavy atom. The molecule has 3 nitrogen and oxygen atoms in total. The Morgan fingerprint density at radius 3 is 1.81 bits per heavy atom. The average Bonchev–Trinajstić information content (AvgIpc) is 3.30. The summed E-state index contributed by atoms with van der Waals surface area (Å²) in [5, 5.41) is 0. The van der Waals surface area contributed by atoms with E-state index in [4.69, 9.17) is 9.72 Å². The number of hydrogen-bond donors (Lipinski definition) is 0. The van der Waals surface area contributed by atoms with E-state index in [2.05, 4.69) is 41.0 Å². The van der Waals surface area contributed by atoms with E-state index in [1.165, 1.54) is 0 Å². The van der Waals surface area contributed by atoms with Crippen LogP contribution in [0.15, 0.2) is 128 Å². The molecule has 0 radical (unpaired) electrons. The second kappa shape index (κ2) is 8.72. The third kappa shape index (κ3) is 3.99. The van der Waals surface area contributed by atoms with Crippen molar-refractivity contribution >= 4 is 0 Å². The van der Waals surface area contributed by atoms with Gasteiger partial charge in [-0.3, -0.25) is 4.57 Å². The largest absolute Gasteiger partial charge is 0.479 e. The first-order chi connectivity index (χ1) is 15.4. The molecule has 0 saturated carbocycles. The van der Waals surface area contributed by atoms with E-state index in [1.54, 1.807) is 0 Å². The number of para-hydroxylation sites is 2. The van der Waals surface area contributed by atoms with E-state index in [9.17, 15) is 0 Å². The molecule has 3 heteroatoms. The van der Waals surface area contributed by atoms with E-state index in [0.717, 1.165) is 34.1 Å². The fraction of sp³-hybridized carbons (Fsp3) is 0.0357. The smallest absolute Gasteiger partial charge is 0.166 e. The standard InChI is InChI=1S/C28H22N2O/c1-5-13-22(14-6-1)27(31-25-19-11-4-12-20-25)26-21-29-28(23-15-7-2-8-16-23)30(26)24-17-9-3-10-18-24/h1-21,27H. The molecule has 0 aliphatic carbocycles. The summed E-state index contributed by atoms with van der Waals surface area (Å²) < 4.78 is 8.73. The van der Waals surface area contributed by atoms with E-state index in [1.807, 2.05) is 91.1 Å². The first-order valence-corrected chi connectivity index (χ1v) is 10.4. The zero-order chi connectivity index (χ0) is 20.9. The Balaban J connectivity index is 1.70. The Labute approximate surface area is 182 Å². The van der Waals surface area contributed by atoms with Crippen LogP contribution in [0.1, 0.15) is 17.4 Å². The zero-order valence-electron chi connectivity index (χ0n) is 17.0. The minimum absolute atomic E-state index is 0.311. The SMILES string of the molecule is c1ccc(OC(c2ccccc2)c2cnc(-c3ccccc3)n2-c2ccccc2)cc1. The Kier molecular flexibility index (Phi) is 5.31. The minimum atomic E-state index is -0.311. The third-order valence-electron chi connectivity index (χ3n) is 5.20. The minimum Gasteiger partial charge on any atom is -0.479 e. The van der Waals surface area contributed by atoms with Crippen molar-refractivity contribution in [3.05, 3.63) is 139 Å². The first-order valence-electron chi connectivity index (χ1n) is 10.4. The highest BCUT2D eigenvalue weighted by atomic mass is 16.5. The topological polar surface area (TPSA) is 27.1 Å². The fourth-order valence-corrected chi connectivity index (χ4v) is 3.75. The van der Waals surface area contributed by atoms with Gasteiger partial charge in [0.2, 0.25) is 0 Å². The van der Waals surface area contributed by atoms with Crippen LogP contribution in [0.5, 0.6) is 5.75 Å². The van der Waals surface area contributed by atoms with Gasteiger partial charge < -0.3 is 4.74 Å². The summed E-state index contributed by atoms with van der Waals surface area (Å²) in [7, 11) is 0. The highest BCUT2D eigenvalue weighted by Crippen LogP contribution is 2.33. The molecule has 5 rings (SSSR count). The maximum atomic E-state index is 6.54. The molecule has 1 atom stereocenters. The number of imidazole rings is 1. The summed E-state index contributed by atoms with van der Waals surface area (Å²) in [6.07, 6.45) is 1.62. The molecule has 1 aromatic heterocycles. The molecule has 4 aromatic carbocycles. The second-order valence-corrected chi connectivity index (χ2v) is 7.27. The highest BCUT2D eigenvalue weighted by molar-refractivity contribution is 5.60. The molecule has 0 saturated heterocycles. The molecular formula is C28H22N2O. The van der Waals surface area contributed by atoms with E-state index >= 15 is 0 Å². The molecule has 31 heavy (non-hydrogen) atoms. The normalized spacial score (nSPS) is 11.7. The number of rotatable bonds is 6. The van der Waals surface area contributed by atoms with Crippen LogP contribution in [0.25, 0.3) is 17.1 Å². The predicted molar refractivity (Wildman–Crippen MR) is 124 cm³/mol. The summed E-state index contributed by atoms with van der Waals surface area (Å²) in [4.78, 5) is 4.83. The van der Waals surface area contributed by atoms with Gasteiger partial charge in [0, 0.05) is 11.3 Å². The van der Waals surface area contributed by atoms with Gasteiger partial charge in [-0.05, 0) is 29.8 Å². The number of aromatic nitrogens is 2. The van der Waals surface area contributed by atoms with Gasteiger partial charge >= 0.3 is 0 Å². The molecule has 0 spiro atoms. The van der Waals surface area contributed by atoms with Crippen LogP contribution < -0.4 is 4.74 Å². The van der Waals surface area contributed by atoms with Crippen LogP contribution in [-0.2, 0) is 0 Å². The fourth-order valence-electron chi connectivity index (χ4n) is 3.75. The van der Waals surface area contributed by atoms with Gasteiger partial charge in [0.25, 0.3) is 0 Å².